The first-order valence-electron chi connectivity index (χ1n) is 9.90. The average molecular weight is 385 g/mol. The summed E-state index contributed by atoms with van der Waals surface area (Å²) in [6, 6.07) is 11.2. The van der Waals surface area contributed by atoms with Gasteiger partial charge in [0, 0.05) is 24.8 Å². The highest BCUT2D eigenvalue weighted by molar-refractivity contribution is 5.91. The smallest absolute Gasteiger partial charge is 0.279 e. The number of likely N-dealkylation sites (tertiary alicyclic amines) is 1. The van der Waals surface area contributed by atoms with E-state index in [1.165, 1.54) is 11.0 Å². The SMILES string of the molecule is Cc1ccc(NC(=O)C[NH+]2CCC[C@H]2c2ccc3c(c2)OCCCO3)c(F)c1. The van der Waals surface area contributed by atoms with Crippen LogP contribution in [0.15, 0.2) is 36.4 Å². The van der Waals surface area contributed by atoms with Crippen LogP contribution in [0.5, 0.6) is 11.5 Å². The van der Waals surface area contributed by atoms with Gasteiger partial charge >= 0.3 is 0 Å². The molecule has 28 heavy (non-hydrogen) atoms. The largest absolute Gasteiger partial charge is 0.490 e. The van der Waals surface area contributed by atoms with Crippen LogP contribution in [-0.4, -0.2) is 32.2 Å². The number of amides is 1. The summed E-state index contributed by atoms with van der Waals surface area (Å²) in [4.78, 5) is 13.7. The Morgan fingerprint density at radius 2 is 1.96 bits per heavy atom. The van der Waals surface area contributed by atoms with Gasteiger partial charge in [-0.3, -0.25) is 4.79 Å². The lowest BCUT2D eigenvalue weighted by Crippen LogP contribution is -3.11. The number of hydrogen-bond acceptors (Lipinski definition) is 3. The zero-order chi connectivity index (χ0) is 19.5. The predicted molar refractivity (Wildman–Crippen MR) is 104 cm³/mol. The fraction of sp³-hybridized carbons (Fsp3) is 0.409. The molecule has 0 aromatic heterocycles. The molecule has 2 aromatic carbocycles. The Kier molecular flexibility index (Phi) is 5.48. The summed E-state index contributed by atoms with van der Waals surface area (Å²) < 4.78 is 25.5. The number of anilines is 1. The van der Waals surface area contributed by atoms with Gasteiger partial charge in [0.05, 0.1) is 25.4 Å². The monoisotopic (exact) mass is 385 g/mol. The van der Waals surface area contributed by atoms with Crippen molar-refractivity contribution in [2.75, 3.05) is 31.6 Å². The maximum Gasteiger partial charge on any atom is 0.279 e. The Morgan fingerprint density at radius 1 is 1.14 bits per heavy atom. The highest BCUT2D eigenvalue weighted by atomic mass is 19.1. The highest BCUT2D eigenvalue weighted by Crippen LogP contribution is 2.33. The molecule has 5 nitrogen and oxygen atoms in total. The van der Waals surface area contributed by atoms with Gasteiger partial charge < -0.3 is 19.7 Å². The fourth-order valence-electron chi connectivity index (χ4n) is 4.04. The number of fused-ring (bicyclic) bond motifs is 1. The molecular formula is C22H26FN2O3+. The second-order valence-electron chi connectivity index (χ2n) is 7.57. The number of benzene rings is 2. The molecule has 2 aliphatic rings. The van der Waals surface area contributed by atoms with E-state index in [1.807, 2.05) is 19.1 Å². The zero-order valence-corrected chi connectivity index (χ0v) is 16.1. The molecule has 148 valence electrons. The third kappa shape index (κ3) is 4.12. The molecular weight excluding hydrogens is 359 g/mol. The minimum Gasteiger partial charge on any atom is -0.490 e. The third-order valence-corrected chi connectivity index (χ3v) is 5.44. The number of nitrogens with one attached hydrogen (secondary N) is 2. The van der Waals surface area contributed by atoms with Crippen molar-refractivity contribution in [3.8, 4) is 11.5 Å². The van der Waals surface area contributed by atoms with Gasteiger partial charge in [-0.2, -0.15) is 0 Å². The zero-order valence-electron chi connectivity index (χ0n) is 16.1. The third-order valence-electron chi connectivity index (χ3n) is 5.44. The van der Waals surface area contributed by atoms with E-state index in [1.54, 1.807) is 12.1 Å². The molecule has 0 spiro atoms. The van der Waals surface area contributed by atoms with Gasteiger partial charge in [0.2, 0.25) is 0 Å². The fourth-order valence-corrected chi connectivity index (χ4v) is 4.04. The first kappa shape index (κ1) is 18.7. The predicted octanol–water partition coefficient (Wildman–Crippen LogP) is 2.65. The van der Waals surface area contributed by atoms with Crippen LogP contribution in [0.2, 0.25) is 0 Å². The van der Waals surface area contributed by atoms with Crippen molar-refractivity contribution in [2.45, 2.75) is 32.2 Å². The first-order chi connectivity index (χ1) is 13.6. The normalized spacial score (nSPS) is 21.2. The molecule has 0 saturated carbocycles. The lowest BCUT2D eigenvalue weighted by Gasteiger charge is -2.22. The number of hydrogen-bond donors (Lipinski definition) is 2. The van der Waals surface area contributed by atoms with E-state index < -0.39 is 5.82 Å². The van der Waals surface area contributed by atoms with Crippen molar-refractivity contribution in [2.24, 2.45) is 0 Å². The van der Waals surface area contributed by atoms with Crippen molar-refractivity contribution in [1.82, 2.24) is 0 Å². The molecule has 6 heteroatoms. The number of carbonyl (C=O) groups excluding carboxylic acids is 1. The molecule has 0 bridgehead atoms. The number of quaternary nitrogens is 1. The Morgan fingerprint density at radius 3 is 2.79 bits per heavy atom. The summed E-state index contributed by atoms with van der Waals surface area (Å²) in [5.74, 6) is 1.00. The summed E-state index contributed by atoms with van der Waals surface area (Å²) in [6.45, 7) is 4.38. The van der Waals surface area contributed by atoms with Crippen LogP contribution in [-0.2, 0) is 4.79 Å². The van der Waals surface area contributed by atoms with Crippen LogP contribution in [0.25, 0.3) is 0 Å². The number of rotatable bonds is 4. The Labute approximate surface area is 164 Å². The lowest BCUT2D eigenvalue weighted by molar-refractivity contribution is -0.910. The quantitative estimate of drug-likeness (QED) is 0.851. The average Bonchev–Trinajstić information content (AvgIpc) is 2.99. The second-order valence-corrected chi connectivity index (χ2v) is 7.57. The second kappa shape index (κ2) is 8.19. The number of halogens is 1. The van der Waals surface area contributed by atoms with Gasteiger partial charge in [0.25, 0.3) is 5.91 Å². The van der Waals surface area contributed by atoms with Gasteiger partial charge in [-0.25, -0.2) is 4.39 Å². The van der Waals surface area contributed by atoms with E-state index in [0.717, 1.165) is 48.4 Å². The van der Waals surface area contributed by atoms with Crippen molar-refractivity contribution in [3.05, 3.63) is 53.3 Å². The van der Waals surface area contributed by atoms with Gasteiger partial charge in [-0.05, 0) is 42.8 Å². The van der Waals surface area contributed by atoms with Crippen LogP contribution >= 0.6 is 0 Å². The molecule has 1 fully saturated rings. The van der Waals surface area contributed by atoms with Crippen molar-refractivity contribution in [1.29, 1.82) is 0 Å². The van der Waals surface area contributed by atoms with Crippen molar-refractivity contribution in [3.63, 3.8) is 0 Å². The summed E-state index contributed by atoms with van der Waals surface area (Å²) in [5, 5.41) is 2.72. The molecule has 2 heterocycles. The molecule has 4 rings (SSSR count). The first-order valence-corrected chi connectivity index (χ1v) is 9.90. The van der Waals surface area contributed by atoms with Gasteiger partial charge in [-0.1, -0.05) is 6.07 Å². The van der Waals surface area contributed by atoms with Crippen LogP contribution in [0.1, 0.15) is 36.4 Å². The summed E-state index contributed by atoms with van der Waals surface area (Å²) in [6.07, 6.45) is 2.95. The molecule has 1 unspecified atom stereocenters. The van der Waals surface area contributed by atoms with Crippen LogP contribution in [0.4, 0.5) is 10.1 Å². The Bertz CT molecular complexity index is 871. The molecule has 0 aliphatic carbocycles. The molecule has 1 amide bonds. The molecule has 2 N–H and O–H groups in total. The number of aryl methyl sites for hydroxylation is 1. The number of carbonyl (C=O) groups is 1. The molecule has 2 aromatic rings. The maximum atomic E-state index is 14.0. The van der Waals surface area contributed by atoms with Crippen LogP contribution in [0, 0.1) is 12.7 Å². The topological polar surface area (TPSA) is 52.0 Å². The van der Waals surface area contributed by atoms with E-state index in [4.69, 9.17) is 9.47 Å². The van der Waals surface area contributed by atoms with Crippen molar-refractivity contribution < 1.29 is 23.6 Å². The minimum atomic E-state index is -0.399. The lowest BCUT2D eigenvalue weighted by atomic mass is 10.0. The van der Waals surface area contributed by atoms with Crippen molar-refractivity contribution >= 4 is 11.6 Å². The van der Waals surface area contributed by atoms with E-state index in [9.17, 15) is 9.18 Å². The standard InChI is InChI=1S/C22H25FN2O3/c1-15-5-7-18(17(23)12-15)24-22(26)14-25-9-2-4-19(25)16-6-8-20-21(13-16)28-11-3-10-27-20/h5-8,12-13,19H,2-4,9-11,14H2,1H3,(H,24,26)/p+1/t19-/m0/s1. The Hall–Kier alpha value is -2.60. The van der Waals surface area contributed by atoms with Crippen LogP contribution in [0.3, 0.4) is 0 Å². The van der Waals surface area contributed by atoms with Gasteiger partial charge in [0.1, 0.15) is 11.9 Å². The molecule has 2 atom stereocenters. The Balaban J connectivity index is 1.45. The van der Waals surface area contributed by atoms with E-state index >= 15 is 0 Å². The van der Waals surface area contributed by atoms with Crippen LogP contribution < -0.4 is 19.7 Å². The number of ether oxygens (including phenoxy) is 2. The summed E-state index contributed by atoms with van der Waals surface area (Å²) in [5.41, 5.74) is 2.22. The van der Waals surface area contributed by atoms with E-state index in [0.29, 0.717) is 19.8 Å². The van der Waals surface area contributed by atoms with E-state index in [-0.39, 0.29) is 17.6 Å². The molecule has 1 saturated heterocycles. The highest BCUT2D eigenvalue weighted by Gasteiger charge is 2.32. The molecule has 0 radical (unpaired) electrons. The van der Waals surface area contributed by atoms with E-state index in [2.05, 4.69) is 11.4 Å². The minimum absolute atomic E-state index is 0.168. The van der Waals surface area contributed by atoms with Gasteiger partial charge in [-0.15, -0.1) is 0 Å². The molecule has 2 aliphatic heterocycles. The summed E-state index contributed by atoms with van der Waals surface area (Å²) in [7, 11) is 0. The maximum absolute atomic E-state index is 14.0. The van der Waals surface area contributed by atoms with Gasteiger partial charge in [0.15, 0.2) is 18.0 Å². The summed E-state index contributed by atoms with van der Waals surface area (Å²) >= 11 is 0.